The Labute approximate surface area is 116 Å². The first-order valence-corrected chi connectivity index (χ1v) is 5.74. The van der Waals surface area contributed by atoms with Crippen LogP contribution >= 0.6 is 0 Å². The van der Waals surface area contributed by atoms with Crippen molar-refractivity contribution in [3.63, 3.8) is 0 Å². The van der Waals surface area contributed by atoms with Crippen LogP contribution in [0, 0.1) is 15.9 Å². The van der Waals surface area contributed by atoms with Crippen molar-refractivity contribution < 1.29 is 28.4 Å². The van der Waals surface area contributed by atoms with Crippen molar-refractivity contribution in [2.45, 2.75) is 6.92 Å². The van der Waals surface area contributed by atoms with E-state index in [2.05, 4.69) is 4.98 Å². The second kappa shape index (κ2) is 5.57. The van der Waals surface area contributed by atoms with E-state index in [9.17, 15) is 19.3 Å². The Hall–Kier alpha value is -2.97. The molecule has 21 heavy (non-hydrogen) atoms. The highest BCUT2D eigenvalue weighted by Crippen LogP contribution is 2.30. The number of benzene rings is 1. The van der Waals surface area contributed by atoms with Gasteiger partial charge in [-0.25, -0.2) is 9.18 Å². The number of carbonyl (C=O) groups is 1. The molecule has 0 aliphatic carbocycles. The number of carboxylic acid groups (broad SMARTS) is 1. The van der Waals surface area contributed by atoms with Gasteiger partial charge in [0.15, 0.2) is 0 Å². The molecule has 0 saturated heterocycles. The molecule has 0 aliphatic heterocycles. The molecule has 0 bridgehead atoms. The van der Waals surface area contributed by atoms with Crippen LogP contribution in [0.15, 0.2) is 22.6 Å². The predicted octanol–water partition coefficient (Wildman–Crippen LogP) is 2.49. The van der Waals surface area contributed by atoms with E-state index in [0.717, 1.165) is 18.2 Å². The van der Waals surface area contributed by atoms with Crippen molar-refractivity contribution in [2.24, 2.45) is 0 Å². The van der Waals surface area contributed by atoms with Gasteiger partial charge in [0.25, 0.3) is 5.69 Å². The van der Waals surface area contributed by atoms with Crippen molar-refractivity contribution in [3.8, 4) is 17.4 Å². The summed E-state index contributed by atoms with van der Waals surface area (Å²) in [5.74, 6) is -2.88. The quantitative estimate of drug-likeness (QED) is 0.665. The number of nitro benzene ring substituents is 1. The number of nitro groups is 1. The summed E-state index contributed by atoms with van der Waals surface area (Å²) in [5, 5.41) is 19.7. The summed E-state index contributed by atoms with van der Waals surface area (Å²) in [5.41, 5.74) is -1.05. The molecule has 0 spiro atoms. The van der Waals surface area contributed by atoms with E-state index in [1.54, 1.807) is 6.92 Å². The highest BCUT2D eigenvalue weighted by molar-refractivity contribution is 5.88. The zero-order chi connectivity index (χ0) is 15.6. The summed E-state index contributed by atoms with van der Waals surface area (Å²) in [6, 6.07) is 2.70. The van der Waals surface area contributed by atoms with Gasteiger partial charge in [0.2, 0.25) is 11.6 Å². The number of carboxylic acids is 1. The lowest BCUT2D eigenvalue weighted by Gasteiger charge is -1.98. The summed E-state index contributed by atoms with van der Waals surface area (Å²) in [7, 11) is 0. The maximum Gasteiger partial charge on any atom is 0.362 e. The van der Waals surface area contributed by atoms with Gasteiger partial charge in [-0.2, -0.15) is 4.98 Å². The molecule has 1 N–H and O–H groups in total. The Morgan fingerprint density at radius 3 is 2.81 bits per heavy atom. The molecule has 0 amide bonds. The zero-order valence-corrected chi connectivity index (χ0v) is 10.7. The summed E-state index contributed by atoms with van der Waals surface area (Å²) < 4.78 is 23.4. The molecule has 0 aliphatic rings. The van der Waals surface area contributed by atoms with Crippen molar-refractivity contribution >= 4 is 11.7 Å². The Morgan fingerprint density at radius 2 is 2.24 bits per heavy atom. The van der Waals surface area contributed by atoms with Gasteiger partial charge in [0.1, 0.15) is 5.82 Å². The van der Waals surface area contributed by atoms with Crippen LogP contribution < -0.4 is 4.74 Å². The van der Waals surface area contributed by atoms with Gasteiger partial charge < -0.3 is 14.3 Å². The topological polar surface area (TPSA) is 116 Å². The van der Waals surface area contributed by atoms with Gasteiger partial charge in [0, 0.05) is 11.6 Å². The number of hydrogen-bond acceptors (Lipinski definition) is 6. The zero-order valence-electron chi connectivity index (χ0n) is 10.7. The Bertz CT molecular complexity index is 712. The fraction of sp³-hybridized carbons (Fsp3) is 0.167. The Balaban J connectivity index is 2.54. The highest BCUT2D eigenvalue weighted by Gasteiger charge is 2.23. The van der Waals surface area contributed by atoms with E-state index < -0.39 is 28.1 Å². The molecular weight excluding hydrogens is 287 g/mol. The molecular formula is C12H9FN2O6. The molecule has 0 fully saturated rings. The standard InChI is InChI=1S/C12H9FN2O6/c1-2-20-12-9(11(16)17)14-10(21-12)6-3-7(13)5-8(4-6)15(18)19/h3-5H,2H2,1H3,(H,16,17). The number of aromatic carboxylic acids is 1. The number of halogens is 1. The third kappa shape index (κ3) is 2.96. The SMILES string of the molecule is CCOc1oc(-c2cc(F)cc([N+](=O)[O-])c2)nc1C(=O)O. The van der Waals surface area contributed by atoms with Gasteiger partial charge in [-0.1, -0.05) is 0 Å². The van der Waals surface area contributed by atoms with Gasteiger partial charge in [-0.3, -0.25) is 10.1 Å². The highest BCUT2D eigenvalue weighted by atomic mass is 19.1. The molecule has 1 heterocycles. The normalized spacial score (nSPS) is 10.4. The average molecular weight is 296 g/mol. The smallest absolute Gasteiger partial charge is 0.362 e. The first-order valence-electron chi connectivity index (χ1n) is 5.74. The van der Waals surface area contributed by atoms with Crippen molar-refractivity contribution in [1.82, 2.24) is 4.98 Å². The molecule has 2 rings (SSSR count). The number of nitrogens with zero attached hydrogens (tertiary/aromatic N) is 2. The first-order chi connectivity index (χ1) is 9.92. The molecule has 9 heteroatoms. The molecule has 110 valence electrons. The maximum atomic E-state index is 13.4. The van der Waals surface area contributed by atoms with Gasteiger partial charge in [-0.05, 0) is 13.0 Å². The number of hydrogen-bond donors (Lipinski definition) is 1. The third-order valence-electron chi connectivity index (χ3n) is 2.41. The van der Waals surface area contributed by atoms with Crippen molar-refractivity contribution in [1.29, 1.82) is 0 Å². The second-order valence-corrected chi connectivity index (χ2v) is 3.85. The van der Waals surface area contributed by atoms with E-state index in [1.165, 1.54) is 0 Å². The van der Waals surface area contributed by atoms with E-state index >= 15 is 0 Å². The first kappa shape index (κ1) is 14.4. The van der Waals surface area contributed by atoms with Gasteiger partial charge >= 0.3 is 11.9 Å². The summed E-state index contributed by atoms with van der Waals surface area (Å²) in [4.78, 5) is 24.6. The molecule has 1 aromatic carbocycles. The number of aromatic nitrogens is 1. The summed E-state index contributed by atoms with van der Waals surface area (Å²) in [6.07, 6.45) is 0. The number of non-ortho nitro benzene ring substituents is 1. The molecule has 0 saturated carbocycles. The monoisotopic (exact) mass is 296 g/mol. The van der Waals surface area contributed by atoms with E-state index in [0.29, 0.717) is 0 Å². The van der Waals surface area contributed by atoms with Crippen LogP contribution in [0.25, 0.3) is 11.5 Å². The molecule has 8 nitrogen and oxygen atoms in total. The fourth-order valence-electron chi connectivity index (χ4n) is 1.60. The van der Waals surface area contributed by atoms with Crippen LogP contribution in [-0.4, -0.2) is 27.6 Å². The van der Waals surface area contributed by atoms with Crippen LogP contribution in [0.3, 0.4) is 0 Å². The number of rotatable bonds is 5. The van der Waals surface area contributed by atoms with Crippen LogP contribution in [0.1, 0.15) is 17.4 Å². The lowest BCUT2D eigenvalue weighted by Crippen LogP contribution is -2.01. The molecule has 2 aromatic rings. The summed E-state index contributed by atoms with van der Waals surface area (Å²) >= 11 is 0. The molecule has 0 atom stereocenters. The average Bonchev–Trinajstić information content (AvgIpc) is 2.82. The maximum absolute atomic E-state index is 13.4. The van der Waals surface area contributed by atoms with Crippen LogP contribution in [0.2, 0.25) is 0 Å². The largest absolute Gasteiger partial charge is 0.476 e. The molecule has 0 unspecified atom stereocenters. The number of oxazole rings is 1. The summed E-state index contributed by atoms with van der Waals surface area (Å²) in [6.45, 7) is 1.75. The molecule has 1 aromatic heterocycles. The van der Waals surface area contributed by atoms with Crippen LogP contribution in [0.5, 0.6) is 5.95 Å². The third-order valence-corrected chi connectivity index (χ3v) is 2.41. The second-order valence-electron chi connectivity index (χ2n) is 3.85. The Morgan fingerprint density at radius 1 is 1.52 bits per heavy atom. The van der Waals surface area contributed by atoms with E-state index in [-0.39, 0.29) is 24.0 Å². The lowest BCUT2D eigenvalue weighted by molar-refractivity contribution is -0.385. The van der Waals surface area contributed by atoms with Gasteiger partial charge in [-0.15, -0.1) is 0 Å². The minimum Gasteiger partial charge on any atom is -0.476 e. The van der Waals surface area contributed by atoms with Crippen molar-refractivity contribution in [3.05, 3.63) is 39.8 Å². The minimum atomic E-state index is -1.39. The predicted molar refractivity (Wildman–Crippen MR) is 66.7 cm³/mol. The van der Waals surface area contributed by atoms with Crippen molar-refractivity contribution in [2.75, 3.05) is 6.61 Å². The van der Waals surface area contributed by atoms with E-state index in [1.807, 2.05) is 0 Å². The van der Waals surface area contributed by atoms with Crippen LogP contribution in [-0.2, 0) is 0 Å². The minimum absolute atomic E-state index is 0.0600. The fourth-order valence-corrected chi connectivity index (χ4v) is 1.60. The van der Waals surface area contributed by atoms with E-state index in [4.69, 9.17) is 14.3 Å². The number of ether oxygens (including phenoxy) is 1. The Kier molecular flexibility index (Phi) is 3.83. The molecule has 0 radical (unpaired) electrons. The van der Waals surface area contributed by atoms with Crippen LogP contribution in [0.4, 0.5) is 10.1 Å². The van der Waals surface area contributed by atoms with Gasteiger partial charge in [0.05, 0.1) is 17.6 Å². The lowest BCUT2D eigenvalue weighted by atomic mass is 10.2.